The number of rotatable bonds is 5. The first-order valence-corrected chi connectivity index (χ1v) is 9.87. The lowest BCUT2D eigenvalue weighted by atomic mass is 9.84. The Bertz CT molecular complexity index is 641. The van der Waals surface area contributed by atoms with Crippen LogP contribution < -0.4 is 5.32 Å². The second kappa shape index (κ2) is 7.01. The minimum Gasteiger partial charge on any atom is -0.354 e. The van der Waals surface area contributed by atoms with Crippen LogP contribution in [0, 0.1) is 0 Å². The van der Waals surface area contributed by atoms with Crippen LogP contribution in [0.2, 0.25) is 0 Å². The van der Waals surface area contributed by atoms with E-state index < -0.39 is 16.1 Å². The van der Waals surface area contributed by atoms with Crippen molar-refractivity contribution >= 4 is 15.9 Å². The van der Waals surface area contributed by atoms with Crippen LogP contribution in [0.3, 0.4) is 0 Å². The van der Waals surface area contributed by atoms with Crippen molar-refractivity contribution < 1.29 is 13.2 Å². The maximum Gasteiger partial charge on any atom is 0.238 e. The summed E-state index contributed by atoms with van der Waals surface area (Å²) in [6.07, 6.45) is 3.45. The largest absolute Gasteiger partial charge is 0.354 e. The Labute approximate surface area is 139 Å². The fourth-order valence-electron chi connectivity index (χ4n) is 2.98. The maximum atomic E-state index is 12.5. The minimum absolute atomic E-state index is 0.195. The molecule has 0 spiro atoms. The molecule has 1 aromatic carbocycles. The van der Waals surface area contributed by atoms with Crippen molar-refractivity contribution in [2.75, 3.05) is 19.3 Å². The molecule has 128 valence electrons. The number of nitrogens with zero attached hydrogens (tertiary/aromatic N) is 1. The molecule has 1 aromatic rings. The van der Waals surface area contributed by atoms with Crippen molar-refractivity contribution in [1.82, 2.24) is 9.62 Å². The molecular weight excluding hydrogens is 312 g/mol. The van der Waals surface area contributed by atoms with E-state index in [4.69, 9.17) is 0 Å². The lowest BCUT2D eigenvalue weighted by Gasteiger charge is -2.34. The number of benzene rings is 1. The Morgan fingerprint density at radius 3 is 2.52 bits per heavy atom. The zero-order valence-electron chi connectivity index (χ0n) is 14.1. The van der Waals surface area contributed by atoms with Gasteiger partial charge in [-0.05, 0) is 18.4 Å². The summed E-state index contributed by atoms with van der Waals surface area (Å²) >= 11 is 0. The SMILES string of the molecule is CC(C)(CNC(=O)[C@H]1CCCCN1S(C)(=O)=O)c1ccccc1. The highest BCUT2D eigenvalue weighted by molar-refractivity contribution is 7.88. The van der Waals surface area contributed by atoms with E-state index in [1.54, 1.807) is 0 Å². The summed E-state index contributed by atoms with van der Waals surface area (Å²) in [6.45, 7) is 5.04. The lowest BCUT2D eigenvalue weighted by molar-refractivity contribution is -0.125. The molecule has 1 fully saturated rings. The highest BCUT2D eigenvalue weighted by Crippen LogP contribution is 2.23. The van der Waals surface area contributed by atoms with Crippen LogP contribution in [0.1, 0.15) is 38.7 Å². The Morgan fingerprint density at radius 1 is 1.26 bits per heavy atom. The first-order valence-electron chi connectivity index (χ1n) is 8.02. The zero-order valence-corrected chi connectivity index (χ0v) is 14.9. The van der Waals surface area contributed by atoms with Crippen molar-refractivity contribution in [3.63, 3.8) is 0 Å². The molecule has 1 amide bonds. The molecule has 2 rings (SSSR count). The van der Waals surface area contributed by atoms with Crippen LogP contribution in [0.25, 0.3) is 0 Å². The standard InChI is InChI=1S/C17H26N2O3S/c1-17(2,14-9-5-4-6-10-14)13-18-16(20)15-11-7-8-12-19(15)23(3,21)22/h4-6,9-10,15H,7-8,11-13H2,1-3H3,(H,18,20)/t15-/m1/s1. The molecule has 0 aliphatic carbocycles. The van der Waals surface area contributed by atoms with Gasteiger partial charge in [0.25, 0.3) is 0 Å². The van der Waals surface area contributed by atoms with Crippen molar-refractivity contribution in [3.8, 4) is 0 Å². The van der Waals surface area contributed by atoms with Gasteiger partial charge < -0.3 is 5.32 Å². The van der Waals surface area contributed by atoms with Gasteiger partial charge in [0, 0.05) is 18.5 Å². The second-order valence-electron chi connectivity index (χ2n) is 6.85. The minimum atomic E-state index is -3.35. The van der Waals surface area contributed by atoms with Gasteiger partial charge in [-0.1, -0.05) is 50.6 Å². The predicted octanol–water partition coefficient (Wildman–Crippen LogP) is 1.89. The lowest BCUT2D eigenvalue weighted by Crippen LogP contribution is -2.53. The van der Waals surface area contributed by atoms with E-state index in [-0.39, 0.29) is 11.3 Å². The monoisotopic (exact) mass is 338 g/mol. The van der Waals surface area contributed by atoms with Crippen LogP contribution in [0.5, 0.6) is 0 Å². The summed E-state index contributed by atoms with van der Waals surface area (Å²) in [6, 6.07) is 9.41. The molecule has 0 radical (unpaired) electrons. The number of nitrogens with one attached hydrogen (secondary N) is 1. The average Bonchev–Trinajstić information content (AvgIpc) is 2.53. The molecule has 1 aliphatic heterocycles. The van der Waals surface area contributed by atoms with Crippen LogP contribution in [-0.2, 0) is 20.2 Å². The fourth-order valence-corrected chi connectivity index (χ4v) is 4.11. The second-order valence-corrected chi connectivity index (χ2v) is 8.79. The van der Waals surface area contributed by atoms with Gasteiger partial charge in [0.15, 0.2) is 0 Å². The van der Waals surface area contributed by atoms with Crippen molar-refractivity contribution in [2.24, 2.45) is 0 Å². The summed E-state index contributed by atoms with van der Waals surface area (Å²) in [5.74, 6) is -0.195. The van der Waals surface area contributed by atoms with Crippen LogP contribution in [0.15, 0.2) is 30.3 Å². The maximum absolute atomic E-state index is 12.5. The molecule has 1 atom stereocenters. The smallest absolute Gasteiger partial charge is 0.238 e. The first-order chi connectivity index (χ1) is 10.7. The van der Waals surface area contributed by atoms with Crippen LogP contribution in [0.4, 0.5) is 0 Å². The normalized spacial score (nSPS) is 20.2. The highest BCUT2D eigenvalue weighted by Gasteiger charge is 2.35. The third kappa shape index (κ3) is 4.54. The summed E-state index contributed by atoms with van der Waals surface area (Å²) < 4.78 is 25.1. The van der Waals surface area contributed by atoms with E-state index in [1.165, 1.54) is 10.6 Å². The van der Waals surface area contributed by atoms with Gasteiger partial charge in [0.05, 0.1) is 6.26 Å². The van der Waals surface area contributed by atoms with Crippen molar-refractivity contribution in [2.45, 2.75) is 44.6 Å². The van der Waals surface area contributed by atoms with Gasteiger partial charge in [0.1, 0.15) is 6.04 Å². The van der Waals surface area contributed by atoms with E-state index in [9.17, 15) is 13.2 Å². The Morgan fingerprint density at radius 2 is 1.91 bits per heavy atom. The van der Waals surface area contributed by atoms with E-state index in [2.05, 4.69) is 19.2 Å². The van der Waals surface area contributed by atoms with Crippen LogP contribution >= 0.6 is 0 Å². The summed E-state index contributed by atoms with van der Waals surface area (Å²) in [5, 5.41) is 2.95. The molecule has 0 saturated carbocycles. The number of piperidine rings is 1. The molecule has 0 aromatic heterocycles. The van der Waals surface area contributed by atoms with Gasteiger partial charge in [-0.2, -0.15) is 4.31 Å². The highest BCUT2D eigenvalue weighted by atomic mass is 32.2. The molecule has 0 bridgehead atoms. The number of sulfonamides is 1. The van der Waals surface area contributed by atoms with Gasteiger partial charge >= 0.3 is 0 Å². The molecule has 23 heavy (non-hydrogen) atoms. The Balaban J connectivity index is 2.03. The quantitative estimate of drug-likeness (QED) is 0.891. The molecule has 1 saturated heterocycles. The molecule has 6 heteroatoms. The first kappa shape index (κ1) is 17.9. The molecule has 1 aliphatic rings. The Kier molecular flexibility index (Phi) is 5.47. The summed E-state index contributed by atoms with van der Waals surface area (Å²) in [4.78, 5) is 12.5. The number of hydrogen-bond acceptors (Lipinski definition) is 3. The van der Waals surface area contributed by atoms with Crippen molar-refractivity contribution in [1.29, 1.82) is 0 Å². The molecule has 1 N–H and O–H groups in total. The predicted molar refractivity (Wildman–Crippen MR) is 91.7 cm³/mol. The van der Waals surface area contributed by atoms with Gasteiger partial charge in [-0.25, -0.2) is 8.42 Å². The van der Waals surface area contributed by atoms with Crippen LogP contribution in [-0.4, -0.2) is 44.0 Å². The molecule has 1 heterocycles. The van der Waals surface area contributed by atoms with Gasteiger partial charge in [0.2, 0.25) is 15.9 Å². The van der Waals surface area contributed by atoms with Gasteiger partial charge in [-0.15, -0.1) is 0 Å². The number of carbonyl (C=O) groups excluding carboxylic acids is 1. The third-order valence-electron chi connectivity index (χ3n) is 4.44. The molecular formula is C17H26N2O3S. The molecule has 0 unspecified atom stereocenters. The van der Waals surface area contributed by atoms with Gasteiger partial charge in [-0.3, -0.25) is 4.79 Å². The molecule has 5 nitrogen and oxygen atoms in total. The van der Waals surface area contributed by atoms with Crippen molar-refractivity contribution in [3.05, 3.63) is 35.9 Å². The van der Waals surface area contributed by atoms with E-state index in [1.807, 2.05) is 30.3 Å². The number of hydrogen-bond donors (Lipinski definition) is 1. The number of amides is 1. The third-order valence-corrected chi connectivity index (χ3v) is 5.73. The average molecular weight is 338 g/mol. The summed E-state index contributed by atoms with van der Waals surface area (Å²) in [5.41, 5.74) is 0.936. The number of carbonyl (C=O) groups is 1. The van der Waals surface area contributed by atoms with E-state index >= 15 is 0 Å². The van der Waals surface area contributed by atoms with E-state index in [0.717, 1.165) is 18.4 Å². The Hall–Kier alpha value is -1.40. The zero-order chi connectivity index (χ0) is 17.1. The van der Waals surface area contributed by atoms with E-state index in [0.29, 0.717) is 19.5 Å². The summed E-state index contributed by atoms with van der Waals surface area (Å²) in [7, 11) is -3.35. The fraction of sp³-hybridized carbons (Fsp3) is 0.588. The topological polar surface area (TPSA) is 66.5 Å².